The van der Waals surface area contributed by atoms with E-state index >= 15 is 0 Å². The zero-order chi connectivity index (χ0) is 22.8. The predicted octanol–water partition coefficient (Wildman–Crippen LogP) is 3.20. The number of piperidine rings is 1. The zero-order valence-corrected chi connectivity index (χ0v) is 20.7. The van der Waals surface area contributed by atoms with Crippen molar-refractivity contribution in [3.8, 4) is 5.75 Å². The molecule has 1 aromatic rings. The lowest BCUT2D eigenvalue weighted by atomic mass is 9.35. The number of methoxy groups -OCH3 is 1. The molecule has 0 amide bonds. The molecule has 6 atom stereocenters. The number of aryl methyl sites for hydroxylation is 1. The maximum atomic E-state index is 12.0. The van der Waals surface area contributed by atoms with Gasteiger partial charge in [0.1, 0.15) is 17.5 Å². The molecule has 8 rings (SSSR count). The smallest absolute Gasteiger partial charge is 0.264 e. The fourth-order valence-electron chi connectivity index (χ4n) is 9.10. The third-order valence-corrected chi connectivity index (χ3v) is 11.1. The van der Waals surface area contributed by atoms with Crippen molar-refractivity contribution in [1.29, 1.82) is 0 Å². The summed E-state index contributed by atoms with van der Waals surface area (Å²) in [5.41, 5.74) is 3.68. The molecule has 7 heteroatoms. The van der Waals surface area contributed by atoms with E-state index < -0.39 is 15.7 Å². The molecule has 2 heterocycles. The Morgan fingerprint density at radius 2 is 2.03 bits per heavy atom. The summed E-state index contributed by atoms with van der Waals surface area (Å²) in [5.74, 6) is 1.95. The molecule has 33 heavy (non-hydrogen) atoms. The Hall–Kier alpha value is -1.15. The van der Waals surface area contributed by atoms with Gasteiger partial charge in [-0.05, 0) is 75.5 Å². The topological polar surface area (TPSA) is 65.1 Å². The third kappa shape index (κ3) is 2.52. The minimum absolute atomic E-state index is 0.00337. The Labute approximate surface area is 197 Å². The second kappa shape index (κ2) is 6.54. The first-order chi connectivity index (χ1) is 15.7. The van der Waals surface area contributed by atoms with Crippen molar-refractivity contribution in [2.75, 3.05) is 33.1 Å². The first-order valence-electron chi connectivity index (χ1n) is 12.7. The van der Waals surface area contributed by atoms with Gasteiger partial charge < -0.3 is 9.47 Å². The van der Waals surface area contributed by atoms with Gasteiger partial charge in [-0.1, -0.05) is 12.1 Å². The van der Waals surface area contributed by atoms with Gasteiger partial charge in [0.2, 0.25) is 0 Å². The quantitative estimate of drug-likeness (QED) is 0.592. The highest BCUT2D eigenvalue weighted by molar-refractivity contribution is 7.85. The molecule has 1 saturated heterocycles. The molecule has 2 unspecified atom stereocenters. The van der Waals surface area contributed by atoms with Crippen LogP contribution in [0.5, 0.6) is 5.75 Å². The molecule has 0 N–H and O–H groups in total. The van der Waals surface area contributed by atoms with E-state index in [4.69, 9.17) is 13.7 Å². The molecule has 7 aliphatic rings. The van der Waals surface area contributed by atoms with Crippen LogP contribution in [-0.4, -0.2) is 64.1 Å². The molecule has 5 fully saturated rings. The summed E-state index contributed by atoms with van der Waals surface area (Å²) in [6, 6.07) is 5.07. The lowest BCUT2D eigenvalue weighted by Gasteiger charge is -2.74. The summed E-state index contributed by atoms with van der Waals surface area (Å²) in [7, 11) is -1.72. The van der Waals surface area contributed by atoms with Crippen LogP contribution < -0.4 is 4.74 Å². The van der Waals surface area contributed by atoms with Crippen molar-refractivity contribution >= 4 is 10.1 Å². The summed E-state index contributed by atoms with van der Waals surface area (Å²) in [5, 5.41) is 0. The minimum atomic E-state index is -3.52. The highest BCUT2D eigenvalue weighted by Crippen LogP contribution is 2.76. The van der Waals surface area contributed by atoms with E-state index in [9.17, 15) is 8.42 Å². The van der Waals surface area contributed by atoms with E-state index in [1.54, 1.807) is 7.11 Å². The molecule has 6 nitrogen and oxygen atoms in total. The number of benzene rings is 1. The summed E-state index contributed by atoms with van der Waals surface area (Å²) in [6.07, 6.45) is 8.97. The standard InChI is InChI=1S/C26H35NO5S/c1-16-4-7-18-12-20-24-8-9-26(30-2,19(13-24)15-31-33(3,28)29)23-25(24,21(18)22(16)32-23)10-11-27(20)14-17-5-6-17/h4,7,17,19-20,23H,5-6,8-15H2,1-3H3/t19-,20-,23-,24?,25+,26?/m1/s1. The summed E-state index contributed by atoms with van der Waals surface area (Å²) < 4.78 is 42.7. The average molecular weight is 474 g/mol. The van der Waals surface area contributed by atoms with Gasteiger partial charge in [0.15, 0.2) is 0 Å². The van der Waals surface area contributed by atoms with E-state index in [2.05, 4.69) is 24.0 Å². The highest BCUT2D eigenvalue weighted by Gasteiger charge is 2.80. The van der Waals surface area contributed by atoms with E-state index in [1.807, 2.05) is 0 Å². The Kier molecular flexibility index (Phi) is 4.19. The van der Waals surface area contributed by atoms with Crippen molar-refractivity contribution in [3.05, 3.63) is 28.8 Å². The monoisotopic (exact) mass is 473 g/mol. The second-order valence-electron chi connectivity index (χ2n) is 11.8. The van der Waals surface area contributed by atoms with Crippen LogP contribution in [0.1, 0.15) is 55.2 Å². The Morgan fingerprint density at radius 1 is 1.21 bits per heavy atom. The van der Waals surface area contributed by atoms with E-state index in [0.29, 0.717) is 6.04 Å². The van der Waals surface area contributed by atoms with Gasteiger partial charge in [-0.15, -0.1) is 0 Å². The second-order valence-corrected chi connectivity index (χ2v) is 13.5. The number of likely N-dealkylation sites (tertiary alicyclic amines) is 1. The van der Waals surface area contributed by atoms with Crippen LogP contribution in [0.2, 0.25) is 0 Å². The number of hydrogen-bond acceptors (Lipinski definition) is 6. The Balaban J connectivity index is 1.41. The number of ether oxygens (including phenoxy) is 2. The summed E-state index contributed by atoms with van der Waals surface area (Å²) in [4.78, 5) is 2.81. The van der Waals surface area contributed by atoms with E-state index in [-0.39, 0.29) is 29.5 Å². The molecule has 4 bridgehead atoms. The van der Waals surface area contributed by atoms with Crippen molar-refractivity contribution in [3.63, 3.8) is 0 Å². The molecule has 0 radical (unpaired) electrons. The summed E-state index contributed by atoms with van der Waals surface area (Å²) >= 11 is 0. The van der Waals surface area contributed by atoms with Crippen LogP contribution in [0.15, 0.2) is 12.1 Å². The van der Waals surface area contributed by atoms with E-state index in [0.717, 1.165) is 56.6 Å². The number of fused-ring (bicyclic) bond motifs is 2. The van der Waals surface area contributed by atoms with Crippen molar-refractivity contribution in [1.82, 2.24) is 4.90 Å². The average Bonchev–Trinajstić information content (AvgIpc) is 3.52. The first kappa shape index (κ1) is 21.2. The molecular weight excluding hydrogens is 438 g/mol. The van der Waals surface area contributed by atoms with Crippen molar-refractivity contribution < 1.29 is 22.1 Å². The molecule has 5 aliphatic carbocycles. The fourth-order valence-corrected chi connectivity index (χ4v) is 9.51. The number of rotatable bonds is 6. The maximum absolute atomic E-state index is 12.0. The van der Waals surface area contributed by atoms with Crippen LogP contribution >= 0.6 is 0 Å². The highest BCUT2D eigenvalue weighted by atomic mass is 32.2. The lowest BCUT2D eigenvalue weighted by Crippen LogP contribution is -2.81. The van der Waals surface area contributed by atoms with Crippen molar-refractivity contribution in [2.24, 2.45) is 17.3 Å². The molecule has 180 valence electrons. The van der Waals surface area contributed by atoms with Crippen molar-refractivity contribution in [2.45, 2.75) is 75.0 Å². The molecule has 0 aromatic heterocycles. The molecule has 1 aromatic carbocycles. The SMILES string of the molecule is COC12CCC3(C[C@@H]1COS(C)(=O)=O)[C@H]1Cc4ccc(C)c5c4[C@@]3(CCN1CC1CC1)[C@H]2O5. The zero-order valence-electron chi connectivity index (χ0n) is 19.9. The van der Waals surface area contributed by atoms with Gasteiger partial charge in [0.25, 0.3) is 10.1 Å². The molecular formula is C26H35NO5S. The molecule has 2 spiro atoms. The maximum Gasteiger partial charge on any atom is 0.264 e. The summed E-state index contributed by atoms with van der Waals surface area (Å²) in [6.45, 7) is 4.68. The van der Waals surface area contributed by atoms with Gasteiger partial charge in [0.05, 0.1) is 12.9 Å². The van der Waals surface area contributed by atoms with Crippen LogP contribution in [0.3, 0.4) is 0 Å². The van der Waals surface area contributed by atoms with Gasteiger partial charge in [0, 0.05) is 42.0 Å². The Morgan fingerprint density at radius 3 is 2.76 bits per heavy atom. The number of hydrogen-bond donors (Lipinski definition) is 0. The lowest BCUT2D eigenvalue weighted by molar-refractivity contribution is -0.280. The normalized spacial score (nSPS) is 42.8. The largest absolute Gasteiger partial charge is 0.486 e. The van der Waals surface area contributed by atoms with Crippen LogP contribution in [0.25, 0.3) is 0 Å². The molecule has 4 saturated carbocycles. The predicted molar refractivity (Wildman–Crippen MR) is 124 cm³/mol. The van der Waals surface area contributed by atoms with Gasteiger partial charge >= 0.3 is 0 Å². The van der Waals surface area contributed by atoms with Crippen LogP contribution in [-0.2, 0) is 30.9 Å². The van der Waals surface area contributed by atoms with Crippen LogP contribution in [0, 0.1) is 24.2 Å². The van der Waals surface area contributed by atoms with Gasteiger partial charge in [-0.25, -0.2) is 0 Å². The minimum Gasteiger partial charge on any atom is -0.486 e. The van der Waals surface area contributed by atoms with E-state index in [1.165, 1.54) is 36.1 Å². The van der Waals surface area contributed by atoms with Crippen LogP contribution in [0.4, 0.5) is 0 Å². The number of nitrogens with zero attached hydrogens (tertiary/aromatic N) is 1. The molecule has 2 aliphatic heterocycles. The van der Waals surface area contributed by atoms with Gasteiger partial charge in [-0.3, -0.25) is 9.08 Å². The first-order valence-corrected chi connectivity index (χ1v) is 14.5. The fraction of sp³-hybridized carbons (Fsp3) is 0.769. The third-order valence-electron chi connectivity index (χ3n) is 10.5. The Bertz CT molecular complexity index is 1130. The van der Waals surface area contributed by atoms with Gasteiger partial charge in [-0.2, -0.15) is 8.42 Å².